The molecule has 0 aliphatic carbocycles. The Kier molecular flexibility index (Phi) is 3.70. The number of pyridine rings is 1. The summed E-state index contributed by atoms with van der Waals surface area (Å²) in [5.74, 6) is -0.717. The summed E-state index contributed by atoms with van der Waals surface area (Å²) in [6, 6.07) is 6.95. The lowest BCUT2D eigenvalue weighted by molar-refractivity contribution is 0.580. The maximum absolute atomic E-state index is 13.1. The smallest absolute Gasteiger partial charge is 0.243 e. The zero-order chi connectivity index (χ0) is 14.8. The van der Waals surface area contributed by atoms with E-state index in [-0.39, 0.29) is 0 Å². The van der Waals surface area contributed by atoms with Gasteiger partial charge in [0.05, 0.1) is 5.02 Å². The summed E-state index contributed by atoms with van der Waals surface area (Å²) in [4.78, 5) is 4.25. The van der Waals surface area contributed by atoms with Crippen molar-refractivity contribution in [3.05, 3.63) is 58.7 Å². The lowest BCUT2D eigenvalue weighted by Gasteiger charge is -2.03. The average molecular weight is 309 g/mol. The van der Waals surface area contributed by atoms with Gasteiger partial charge >= 0.3 is 0 Å². The second-order valence-corrected chi connectivity index (χ2v) is 4.98. The van der Waals surface area contributed by atoms with Crippen molar-refractivity contribution < 1.29 is 8.78 Å². The van der Waals surface area contributed by atoms with E-state index in [2.05, 4.69) is 15.4 Å². The lowest BCUT2D eigenvalue weighted by Crippen LogP contribution is -2.06. The molecule has 0 radical (unpaired) electrons. The van der Waals surface area contributed by atoms with Crippen LogP contribution in [0.1, 0.15) is 5.56 Å². The third kappa shape index (κ3) is 3.28. The van der Waals surface area contributed by atoms with Gasteiger partial charge in [-0.3, -0.25) is 0 Å². The third-order valence-electron chi connectivity index (χ3n) is 2.91. The normalized spacial score (nSPS) is 11.0. The summed E-state index contributed by atoms with van der Waals surface area (Å²) in [6.45, 7) is 0.466. The zero-order valence-electron chi connectivity index (χ0n) is 10.9. The van der Waals surface area contributed by atoms with Gasteiger partial charge in [-0.1, -0.05) is 11.6 Å². The van der Waals surface area contributed by atoms with Crippen molar-refractivity contribution in [2.75, 3.05) is 11.9 Å². The van der Waals surface area contributed by atoms with Gasteiger partial charge in [-0.25, -0.2) is 13.3 Å². The van der Waals surface area contributed by atoms with Crippen molar-refractivity contribution in [1.29, 1.82) is 0 Å². The Morgan fingerprint density at radius 1 is 1.14 bits per heavy atom. The number of halogens is 3. The molecule has 0 saturated carbocycles. The topological polar surface area (TPSA) is 42.2 Å². The minimum atomic E-state index is -0.578. The van der Waals surface area contributed by atoms with Crippen molar-refractivity contribution >= 4 is 23.2 Å². The molecule has 108 valence electrons. The van der Waals surface area contributed by atoms with Crippen molar-refractivity contribution in [1.82, 2.24) is 14.6 Å². The molecular weight excluding hydrogens is 298 g/mol. The van der Waals surface area contributed by atoms with Crippen molar-refractivity contribution in [2.45, 2.75) is 6.42 Å². The molecule has 2 aromatic heterocycles. The minimum absolute atomic E-state index is 0.439. The highest BCUT2D eigenvalue weighted by Crippen LogP contribution is 2.12. The lowest BCUT2D eigenvalue weighted by atomic mass is 10.1. The number of nitrogens with zero attached hydrogens (tertiary/aromatic N) is 3. The summed E-state index contributed by atoms with van der Waals surface area (Å²) in [7, 11) is 0. The first-order valence-electron chi connectivity index (χ1n) is 6.31. The monoisotopic (exact) mass is 308 g/mol. The second kappa shape index (κ2) is 5.65. The third-order valence-corrected chi connectivity index (χ3v) is 3.14. The molecule has 3 rings (SSSR count). The van der Waals surface area contributed by atoms with Gasteiger partial charge in [0.1, 0.15) is 11.6 Å². The van der Waals surface area contributed by atoms with E-state index < -0.39 is 11.6 Å². The Bertz CT molecular complexity index is 767. The van der Waals surface area contributed by atoms with Crippen LogP contribution in [0.25, 0.3) is 5.65 Å². The Morgan fingerprint density at radius 2 is 1.90 bits per heavy atom. The quantitative estimate of drug-likeness (QED) is 0.804. The number of rotatable bonds is 4. The molecule has 3 aromatic rings. The summed E-state index contributed by atoms with van der Waals surface area (Å²) >= 11 is 5.86. The first-order valence-corrected chi connectivity index (χ1v) is 6.69. The standard InChI is InChI=1S/C14H11ClF2N4/c15-10-1-2-13-19-14(20-21(13)8-10)18-4-3-9-5-11(16)7-12(17)6-9/h1-2,5-8H,3-4H2,(H,18,20). The van der Waals surface area contributed by atoms with Crippen LogP contribution in [0.5, 0.6) is 0 Å². The van der Waals surface area contributed by atoms with Crippen molar-refractivity contribution in [3.63, 3.8) is 0 Å². The van der Waals surface area contributed by atoms with Crippen LogP contribution in [0, 0.1) is 11.6 Å². The zero-order valence-corrected chi connectivity index (χ0v) is 11.6. The Balaban J connectivity index is 1.66. The van der Waals surface area contributed by atoms with Gasteiger partial charge in [0.25, 0.3) is 0 Å². The van der Waals surface area contributed by atoms with Crippen LogP contribution in [0.3, 0.4) is 0 Å². The Labute approximate surface area is 124 Å². The van der Waals surface area contributed by atoms with Crippen LogP contribution in [0.4, 0.5) is 14.7 Å². The van der Waals surface area contributed by atoms with Crippen LogP contribution < -0.4 is 5.32 Å². The van der Waals surface area contributed by atoms with Crippen molar-refractivity contribution in [3.8, 4) is 0 Å². The van der Waals surface area contributed by atoms with Gasteiger partial charge in [-0.15, -0.1) is 5.10 Å². The van der Waals surface area contributed by atoms with Crippen LogP contribution in [-0.4, -0.2) is 21.1 Å². The van der Waals surface area contributed by atoms with Gasteiger partial charge in [0.2, 0.25) is 5.95 Å². The molecule has 0 fully saturated rings. The summed E-state index contributed by atoms with van der Waals surface area (Å²) in [5, 5.41) is 7.78. The fourth-order valence-electron chi connectivity index (χ4n) is 2.01. The van der Waals surface area contributed by atoms with E-state index >= 15 is 0 Å². The molecule has 7 heteroatoms. The second-order valence-electron chi connectivity index (χ2n) is 4.54. The molecule has 0 aliphatic rings. The molecule has 21 heavy (non-hydrogen) atoms. The number of hydrogen-bond acceptors (Lipinski definition) is 3. The van der Waals surface area contributed by atoms with Crippen molar-refractivity contribution in [2.24, 2.45) is 0 Å². The molecule has 0 amide bonds. The van der Waals surface area contributed by atoms with Gasteiger partial charge < -0.3 is 5.32 Å². The van der Waals surface area contributed by atoms with E-state index in [1.54, 1.807) is 22.8 Å². The predicted octanol–water partition coefficient (Wildman–Crippen LogP) is 3.32. The Morgan fingerprint density at radius 3 is 2.67 bits per heavy atom. The van der Waals surface area contributed by atoms with Gasteiger partial charge in [-0.2, -0.15) is 4.98 Å². The fourth-order valence-corrected chi connectivity index (χ4v) is 2.16. The molecule has 1 N–H and O–H groups in total. The Hall–Kier alpha value is -2.21. The molecule has 0 spiro atoms. The number of nitrogens with one attached hydrogen (secondary N) is 1. The molecule has 0 saturated heterocycles. The van der Waals surface area contributed by atoms with E-state index in [1.165, 1.54) is 12.1 Å². The summed E-state index contributed by atoms with van der Waals surface area (Å²) in [5.41, 5.74) is 1.24. The van der Waals surface area contributed by atoms with Crippen LogP contribution >= 0.6 is 11.6 Å². The first-order chi connectivity index (χ1) is 10.1. The van der Waals surface area contributed by atoms with Gasteiger partial charge in [0, 0.05) is 18.8 Å². The van der Waals surface area contributed by atoms with Gasteiger partial charge in [0.15, 0.2) is 5.65 Å². The highest BCUT2D eigenvalue weighted by atomic mass is 35.5. The maximum Gasteiger partial charge on any atom is 0.243 e. The molecule has 0 bridgehead atoms. The molecule has 0 unspecified atom stereocenters. The van der Waals surface area contributed by atoms with Gasteiger partial charge in [-0.05, 0) is 36.2 Å². The van der Waals surface area contributed by atoms with Crippen LogP contribution in [0.15, 0.2) is 36.5 Å². The molecule has 1 aromatic carbocycles. The number of aromatic nitrogens is 3. The predicted molar refractivity (Wildman–Crippen MR) is 76.5 cm³/mol. The van der Waals surface area contributed by atoms with Crippen LogP contribution in [0.2, 0.25) is 5.02 Å². The maximum atomic E-state index is 13.1. The minimum Gasteiger partial charge on any atom is -0.353 e. The summed E-state index contributed by atoms with van der Waals surface area (Å²) < 4.78 is 27.7. The van der Waals surface area contributed by atoms with E-state index in [0.717, 1.165) is 6.07 Å². The van der Waals surface area contributed by atoms with Crippen LogP contribution in [-0.2, 0) is 6.42 Å². The summed E-state index contributed by atoms with van der Waals surface area (Å²) in [6.07, 6.45) is 2.11. The molecule has 2 heterocycles. The highest BCUT2D eigenvalue weighted by Gasteiger charge is 2.04. The largest absolute Gasteiger partial charge is 0.353 e. The number of hydrogen-bond donors (Lipinski definition) is 1. The molecule has 4 nitrogen and oxygen atoms in total. The SMILES string of the molecule is Fc1cc(F)cc(CCNc2nc3ccc(Cl)cn3n2)c1. The molecule has 0 atom stereocenters. The number of anilines is 1. The fraction of sp³-hybridized carbons (Fsp3) is 0.143. The van der Waals surface area contributed by atoms with E-state index in [1.807, 2.05) is 0 Å². The number of benzene rings is 1. The average Bonchev–Trinajstić information content (AvgIpc) is 2.79. The number of fused-ring (bicyclic) bond motifs is 1. The van der Waals surface area contributed by atoms with E-state index in [4.69, 9.17) is 11.6 Å². The highest BCUT2D eigenvalue weighted by molar-refractivity contribution is 6.30. The molecule has 0 aliphatic heterocycles. The molecular formula is C14H11ClF2N4. The van der Waals surface area contributed by atoms with E-state index in [9.17, 15) is 8.78 Å². The first kappa shape index (κ1) is 13.8. The van der Waals surface area contributed by atoms with E-state index in [0.29, 0.717) is 35.1 Å².